The minimum atomic E-state index is -0.414. The Bertz CT molecular complexity index is 336. The van der Waals surface area contributed by atoms with E-state index in [9.17, 15) is 5.11 Å². The van der Waals surface area contributed by atoms with Gasteiger partial charge in [0.15, 0.2) is 0 Å². The van der Waals surface area contributed by atoms with Gasteiger partial charge in [-0.2, -0.15) is 11.8 Å². The van der Waals surface area contributed by atoms with Gasteiger partial charge in [-0.05, 0) is 36.8 Å². The van der Waals surface area contributed by atoms with Gasteiger partial charge < -0.3 is 10.0 Å². The Morgan fingerprint density at radius 1 is 1.44 bits per heavy atom. The fourth-order valence-electron chi connectivity index (χ4n) is 1.84. The standard InChI is InChI=1S/C12H18N2OS/c1-10(15)11-3-4-13-12(9-11)14-5-2-7-16-8-6-14/h3-4,9-10,15H,2,5-8H2,1H3/t10-/m0/s1. The highest BCUT2D eigenvalue weighted by Crippen LogP contribution is 2.20. The van der Waals surface area contributed by atoms with E-state index in [-0.39, 0.29) is 0 Å². The predicted octanol–water partition coefficient (Wildman–Crippen LogP) is 2.08. The predicted molar refractivity (Wildman–Crippen MR) is 69.0 cm³/mol. The first-order chi connectivity index (χ1) is 7.77. The van der Waals surface area contributed by atoms with Crippen LogP contribution in [0.15, 0.2) is 18.3 Å². The first-order valence-corrected chi connectivity index (χ1v) is 6.89. The molecule has 2 rings (SSSR count). The molecule has 2 heterocycles. The molecule has 3 nitrogen and oxygen atoms in total. The lowest BCUT2D eigenvalue weighted by molar-refractivity contribution is 0.199. The summed E-state index contributed by atoms with van der Waals surface area (Å²) < 4.78 is 0. The van der Waals surface area contributed by atoms with Gasteiger partial charge in [0.1, 0.15) is 5.82 Å². The van der Waals surface area contributed by atoms with E-state index in [0.29, 0.717) is 0 Å². The highest BCUT2D eigenvalue weighted by atomic mass is 32.2. The molecule has 1 atom stereocenters. The molecule has 1 aromatic rings. The smallest absolute Gasteiger partial charge is 0.128 e. The minimum absolute atomic E-state index is 0.414. The molecular formula is C12H18N2OS. The maximum Gasteiger partial charge on any atom is 0.128 e. The van der Waals surface area contributed by atoms with Crippen molar-refractivity contribution in [3.05, 3.63) is 23.9 Å². The molecule has 0 aromatic carbocycles. The van der Waals surface area contributed by atoms with Crippen molar-refractivity contribution < 1.29 is 5.11 Å². The first kappa shape index (κ1) is 11.7. The normalized spacial score (nSPS) is 19.2. The average Bonchev–Trinajstić information content (AvgIpc) is 2.57. The van der Waals surface area contributed by atoms with Gasteiger partial charge in [0.25, 0.3) is 0 Å². The van der Waals surface area contributed by atoms with Gasteiger partial charge in [-0.1, -0.05) is 0 Å². The summed E-state index contributed by atoms with van der Waals surface area (Å²) in [5, 5.41) is 9.55. The lowest BCUT2D eigenvalue weighted by Crippen LogP contribution is -2.26. The SMILES string of the molecule is C[C@H](O)c1ccnc(N2CCCSCC2)c1. The number of pyridine rings is 1. The Hall–Kier alpha value is -0.740. The summed E-state index contributed by atoms with van der Waals surface area (Å²) in [4.78, 5) is 6.70. The van der Waals surface area contributed by atoms with Crippen LogP contribution in [0.4, 0.5) is 5.82 Å². The van der Waals surface area contributed by atoms with Crippen molar-refractivity contribution in [3.63, 3.8) is 0 Å². The lowest BCUT2D eigenvalue weighted by Gasteiger charge is -2.21. The Morgan fingerprint density at radius 2 is 2.31 bits per heavy atom. The largest absolute Gasteiger partial charge is 0.389 e. The fourth-order valence-corrected chi connectivity index (χ4v) is 2.73. The van der Waals surface area contributed by atoms with Crippen LogP contribution in [0.3, 0.4) is 0 Å². The zero-order valence-corrected chi connectivity index (χ0v) is 10.4. The monoisotopic (exact) mass is 238 g/mol. The van der Waals surface area contributed by atoms with Crippen LogP contribution in [0.2, 0.25) is 0 Å². The molecule has 0 aliphatic carbocycles. The van der Waals surface area contributed by atoms with Crippen LogP contribution in [0, 0.1) is 0 Å². The van der Waals surface area contributed by atoms with Crippen LogP contribution in [-0.4, -0.2) is 34.7 Å². The average molecular weight is 238 g/mol. The molecule has 0 saturated carbocycles. The molecule has 0 bridgehead atoms. The zero-order valence-electron chi connectivity index (χ0n) is 9.59. The van der Waals surface area contributed by atoms with E-state index in [2.05, 4.69) is 9.88 Å². The number of anilines is 1. The molecule has 1 aliphatic rings. The first-order valence-electron chi connectivity index (χ1n) is 5.74. The van der Waals surface area contributed by atoms with E-state index in [1.54, 1.807) is 13.1 Å². The summed E-state index contributed by atoms with van der Waals surface area (Å²) in [6, 6.07) is 3.88. The molecule has 0 amide bonds. The summed E-state index contributed by atoms with van der Waals surface area (Å²) >= 11 is 2.01. The Labute approximate surface area is 101 Å². The topological polar surface area (TPSA) is 36.4 Å². The third kappa shape index (κ3) is 2.89. The van der Waals surface area contributed by atoms with Gasteiger partial charge >= 0.3 is 0 Å². The highest BCUT2D eigenvalue weighted by molar-refractivity contribution is 7.99. The van der Waals surface area contributed by atoms with Crippen molar-refractivity contribution in [1.29, 1.82) is 0 Å². The molecule has 0 spiro atoms. The number of rotatable bonds is 2. The molecule has 1 N–H and O–H groups in total. The summed E-state index contributed by atoms with van der Waals surface area (Å²) in [6.45, 7) is 3.92. The van der Waals surface area contributed by atoms with E-state index in [1.165, 1.54) is 17.9 Å². The van der Waals surface area contributed by atoms with Crippen LogP contribution < -0.4 is 4.90 Å². The van der Waals surface area contributed by atoms with Crippen molar-refractivity contribution in [1.82, 2.24) is 4.98 Å². The summed E-state index contributed by atoms with van der Waals surface area (Å²) in [5.74, 6) is 3.41. The second kappa shape index (κ2) is 5.55. The second-order valence-corrected chi connectivity index (χ2v) is 5.30. The van der Waals surface area contributed by atoms with Gasteiger partial charge in [-0.15, -0.1) is 0 Å². The van der Waals surface area contributed by atoms with E-state index in [0.717, 1.165) is 24.5 Å². The quantitative estimate of drug-likeness (QED) is 0.856. The van der Waals surface area contributed by atoms with Gasteiger partial charge in [0.2, 0.25) is 0 Å². The van der Waals surface area contributed by atoms with Crippen molar-refractivity contribution in [2.24, 2.45) is 0 Å². The van der Waals surface area contributed by atoms with E-state index in [4.69, 9.17) is 0 Å². The van der Waals surface area contributed by atoms with E-state index < -0.39 is 6.10 Å². The van der Waals surface area contributed by atoms with Crippen molar-refractivity contribution >= 4 is 17.6 Å². The molecule has 4 heteroatoms. The van der Waals surface area contributed by atoms with Gasteiger partial charge in [-0.25, -0.2) is 4.98 Å². The lowest BCUT2D eigenvalue weighted by atomic mass is 10.1. The van der Waals surface area contributed by atoms with Crippen LogP contribution in [0.1, 0.15) is 25.0 Å². The van der Waals surface area contributed by atoms with Crippen molar-refractivity contribution in [3.8, 4) is 0 Å². The zero-order chi connectivity index (χ0) is 11.4. The molecule has 1 aliphatic heterocycles. The molecule has 16 heavy (non-hydrogen) atoms. The minimum Gasteiger partial charge on any atom is -0.389 e. The van der Waals surface area contributed by atoms with E-state index >= 15 is 0 Å². The number of aliphatic hydroxyl groups is 1. The Balaban J connectivity index is 2.15. The third-order valence-electron chi connectivity index (χ3n) is 2.80. The molecule has 1 aromatic heterocycles. The van der Waals surface area contributed by atoms with Crippen LogP contribution in [0.25, 0.3) is 0 Å². The van der Waals surface area contributed by atoms with Gasteiger partial charge in [-0.3, -0.25) is 0 Å². The molecule has 1 saturated heterocycles. The summed E-state index contributed by atoms with van der Waals surface area (Å²) in [7, 11) is 0. The second-order valence-electron chi connectivity index (χ2n) is 4.08. The maximum atomic E-state index is 9.55. The number of thioether (sulfide) groups is 1. The number of hydrogen-bond acceptors (Lipinski definition) is 4. The Kier molecular flexibility index (Phi) is 4.07. The highest BCUT2D eigenvalue weighted by Gasteiger charge is 2.12. The maximum absolute atomic E-state index is 9.55. The van der Waals surface area contributed by atoms with Gasteiger partial charge in [0, 0.05) is 25.0 Å². The van der Waals surface area contributed by atoms with Crippen LogP contribution in [-0.2, 0) is 0 Å². The molecule has 0 unspecified atom stereocenters. The molecular weight excluding hydrogens is 220 g/mol. The number of aliphatic hydroxyl groups excluding tert-OH is 1. The molecule has 1 fully saturated rings. The van der Waals surface area contributed by atoms with E-state index in [1.807, 2.05) is 23.9 Å². The molecule has 88 valence electrons. The summed E-state index contributed by atoms with van der Waals surface area (Å²) in [5.41, 5.74) is 0.946. The van der Waals surface area contributed by atoms with Crippen molar-refractivity contribution in [2.45, 2.75) is 19.4 Å². The van der Waals surface area contributed by atoms with Crippen LogP contribution >= 0.6 is 11.8 Å². The van der Waals surface area contributed by atoms with Crippen molar-refractivity contribution in [2.75, 3.05) is 29.5 Å². The Morgan fingerprint density at radius 3 is 3.12 bits per heavy atom. The molecule has 0 radical (unpaired) electrons. The third-order valence-corrected chi connectivity index (χ3v) is 3.85. The number of aromatic nitrogens is 1. The fraction of sp³-hybridized carbons (Fsp3) is 0.583. The van der Waals surface area contributed by atoms with Gasteiger partial charge in [0.05, 0.1) is 6.10 Å². The summed E-state index contributed by atoms with van der Waals surface area (Å²) in [6.07, 6.45) is 2.59. The number of nitrogens with zero attached hydrogens (tertiary/aromatic N) is 2. The van der Waals surface area contributed by atoms with Crippen LogP contribution in [0.5, 0.6) is 0 Å². The number of hydrogen-bond donors (Lipinski definition) is 1.